The smallest absolute Gasteiger partial charge is 0.256 e. The maximum absolute atomic E-state index is 14.0. The van der Waals surface area contributed by atoms with Crippen LogP contribution in [0, 0.1) is 11.7 Å². The highest BCUT2D eigenvalue weighted by Crippen LogP contribution is 2.41. The van der Waals surface area contributed by atoms with Crippen molar-refractivity contribution in [2.45, 2.75) is 25.8 Å². The van der Waals surface area contributed by atoms with Gasteiger partial charge in [-0.25, -0.2) is 4.39 Å². The lowest BCUT2D eigenvalue weighted by Crippen LogP contribution is -2.41. The Labute approximate surface area is 251 Å². The van der Waals surface area contributed by atoms with Gasteiger partial charge in [-0.05, 0) is 55.7 Å². The molecule has 1 aromatic heterocycles. The van der Waals surface area contributed by atoms with Crippen LogP contribution < -0.4 is 4.90 Å². The van der Waals surface area contributed by atoms with E-state index in [1.165, 1.54) is 34.6 Å². The Morgan fingerprint density at radius 2 is 1.67 bits per heavy atom. The van der Waals surface area contributed by atoms with Crippen molar-refractivity contribution in [2.75, 3.05) is 18.0 Å². The molecule has 0 radical (unpaired) electrons. The zero-order valence-corrected chi connectivity index (χ0v) is 24.4. The van der Waals surface area contributed by atoms with E-state index >= 15 is 0 Å². The van der Waals surface area contributed by atoms with E-state index in [-0.39, 0.29) is 23.7 Å². The van der Waals surface area contributed by atoms with E-state index in [0.717, 1.165) is 23.7 Å². The van der Waals surface area contributed by atoms with Crippen molar-refractivity contribution in [1.29, 1.82) is 0 Å². The van der Waals surface area contributed by atoms with E-state index in [0.29, 0.717) is 29.9 Å². The zero-order chi connectivity index (χ0) is 29.5. The van der Waals surface area contributed by atoms with Crippen molar-refractivity contribution in [3.8, 4) is 11.3 Å². The lowest BCUT2D eigenvalue weighted by atomic mass is 9.89. The molecule has 0 spiro atoms. The second kappa shape index (κ2) is 11.0. The highest BCUT2D eigenvalue weighted by Gasteiger charge is 2.33. The van der Waals surface area contributed by atoms with Crippen molar-refractivity contribution in [3.05, 3.63) is 131 Å². The number of para-hydroxylation sites is 2. The molecule has 1 atom stereocenters. The van der Waals surface area contributed by atoms with E-state index in [4.69, 9.17) is 0 Å². The number of aryl methyl sites for hydroxylation is 1. The summed E-state index contributed by atoms with van der Waals surface area (Å²) < 4.78 is 15.7. The fraction of sp³-hybridized carbons (Fsp3) is 0.216. The van der Waals surface area contributed by atoms with Crippen molar-refractivity contribution >= 4 is 28.6 Å². The Bertz CT molecular complexity index is 1890. The van der Waals surface area contributed by atoms with Crippen LogP contribution in [0.25, 0.3) is 28.2 Å². The van der Waals surface area contributed by atoms with Gasteiger partial charge in [-0.15, -0.1) is 0 Å². The quantitative estimate of drug-likeness (QED) is 0.202. The van der Waals surface area contributed by atoms with Crippen LogP contribution in [0.5, 0.6) is 0 Å². The molecule has 43 heavy (non-hydrogen) atoms. The molecule has 0 saturated carbocycles. The van der Waals surface area contributed by atoms with Crippen LogP contribution in [-0.2, 0) is 7.05 Å². The molecule has 4 aromatic carbocycles. The fourth-order valence-electron chi connectivity index (χ4n) is 6.68. The van der Waals surface area contributed by atoms with Gasteiger partial charge in [0, 0.05) is 48.3 Å². The number of hydrogen-bond acceptors (Lipinski definition) is 3. The van der Waals surface area contributed by atoms with Gasteiger partial charge in [-0.1, -0.05) is 78.5 Å². The maximum Gasteiger partial charge on any atom is 0.256 e. The lowest BCUT2D eigenvalue weighted by Gasteiger charge is -2.41. The van der Waals surface area contributed by atoms with Crippen LogP contribution in [0.4, 0.5) is 10.1 Å². The third-order valence-corrected chi connectivity index (χ3v) is 8.86. The van der Waals surface area contributed by atoms with Gasteiger partial charge in [0.2, 0.25) is 0 Å². The number of carbonyl (C=O) groups excluding carboxylic acids is 1. The second-order valence-electron chi connectivity index (χ2n) is 11.4. The van der Waals surface area contributed by atoms with E-state index in [1.54, 1.807) is 10.7 Å². The van der Waals surface area contributed by atoms with Crippen LogP contribution in [0.1, 0.15) is 47.3 Å². The monoisotopic (exact) mass is 568 g/mol. The summed E-state index contributed by atoms with van der Waals surface area (Å²) in [6, 6.07) is 31.4. The van der Waals surface area contributed by atoms with E-state index in [2.05, 4.69) is 83.3 Å². The number of aromatic nitrogens is 2. The van der Waals surface area contributed by atoms with Gasteiger partial charge in [0.05, 0.1) is 22.8 Å². The number of likely N-dealkylation sites (tertiary alicyclic amines) is 1. The van der Waals surface area contributed by atoms with Gasteiger partial charge in [0.25, 0.3) is 5.91 Å². The molecule has 2 aliphatic rings. The molecule has 0 aliphatic carbocycles. The van der Waals surface area contributed by atoms with Gasteiger partial charge >= 0.3 is 0 Å². The zero-order valence-electron chi connectivity index (χ0n) is 24.4. The molecule has 214 valence electrons. The van der Waals surface area contributed by atoms with Crippen LogP contribution in [0.3, 0.4) is 0 Å². The summed E-state index contributed by atoms with van der Waals surface area (Å²) >= 11 is 0. The van der Waals surface area contributed by atoms with Gasteiger partial charge in [0.1, 0.15) is 11.5 Å². The molecule has 1 amide bonds. The molecule has 1 fully saturated rings. The largest absolute Gasteiger partial charge is 0.339 e. The molecule has 6 heteroatoms. The van der Waals surface area contributed by atoms with Crippen LogP contribution in [0.15, 0.2) is 108 Å². The minimum absolute atomic E-state index is 0.00543. The summed E-state index contributed by atoms with van der Waals surface area (Å²) in [5.41, 5.74) is 11.2. The third kappa shape index (κ3) is 4.84. The predicted octanol–water partition coefficient (Wildman–Crippen LogP) is 8.01. The normalized spacial score (nSPS) is 15.8. The average Bonchev–Trinajstić information content (AvgIpc) is 3.40. The number of fused-ring (bicyclic) bond motifs is 2. The number of anilines is 1. The van der Waals surface area contributed by atoms with E-state index in [9.17, 15) is 9.18 Å². The van der Waals surface area contributed by atoms with Crippen molar-refractivity contribution in [2.24, 2.45) is 13.0 Å². The molecule has 1 unspecified atom stereocenters. The van der Waals surface area contributed by atoms with Crippen molar-refractivity contribution < 1.29 is 9.18 Å². The first-order valence-electron chi connectivity index (χ1n) is 14.9. The lowest BCUT2D eigenvalue weighted by molar-refractivity contribution is 0.0702. The standard InChI is InChI=1S/C37H33FN4O/c1-25(26-10-4-3-5-11-26)42-33-17-7-6-12-27(33)18-19-34(42)28-20-22-41(23-21-28)37(43)32-16-9-15-31-35(39-40(2)36(31)32)29-13-8-14-30(38)24-29/h3-18,24-25,28H,20-23H2,1-2H3. The van der Waals surface area contributed by atoms with Crippen molar-refractivity contribution in [3.63, 3.8) is 0 Å². The molecular weight excluding hydrogens is 535 g/mol. The van der Waals surface area contributed by atoms with Crippen LogP contribution in [-0.4, -0.2) is 33.7 Å². The SMILES string of the molecule is CC(c1ccccc1)N1C(C2CCN(C(=O)c3cccc4c(-c5cccc(F)c5)nn(C)c34)CC2)=C=Cc2ccccc21. The summed E-state index contributed by atoms with van der Waals surface area (Å²) in [6.07, 6.45) is 3.83. The number of benzene rings is 4. The summed E-state index contributed by atoms with van der Waals surface area (Å²) in [7, 11) is 1.84. The van der Waals surface area contributed by atoms with Crippen molar-refractivity contribution in [1.82, 2.24) is 14.7 Å². The van der Waals surface area contributed by atoms with E-state index in [1.807, 2.05) is 36.2 Å². The molecule has 7 rings (SSSR count). The molecule has 0 bridgehead atoms. The fourth-order valence-corrected chi connectivity index (χ4v) is 6.68. The molecule has 3 heterocycles. The predicted molar refractivity (Wildman–Crippen MR) is 170 cm³/mol. The molecule has 2 aliphatic heterocycles. The number of nitrogens with zero attached hydrogens (tertiary/aromatic N) is 4. The minimum Gasteiger partial charge on any atom is -0.339 e. The minimum atomic E-state index is -0.311. The van der Waals surface area contributed by atoms with Gasteiger partial charge in [-0.2, -0.15) is 5.10 Å². The number of allylic oxidation sites excluding steroid dienone is 1. The highest BCUT2D eigenvalue weighted by atomic mass is 19.1. The molecule has 5 nitrogen and oxygen atoms in total. The number of halogens is 1. The molecular formula is C37H33FN4O. The van der Waals surface area contributed by atoms with Gasteiger partial charge in [0.15, 0.2) is 0 Å². The van der Waals surface area contributed by atoms with Gasteiger partial charge in [-0.3, -0.25) is 9.48 Å². The third-order valence-electron chi connectivity index (χ3n) is 8.86. The Morgan fingerprint density at radius 3 is 2.47 bits per heavy atom. The van der Waals surface area contributed by atoms with Crippen LogP contribution >= 0.6 is 0 Å². The number of rotatable bonds is 5. The number of piperidine rings is 1. The Morgan fingerprint density at radius 1 is 0.930 bits per heavy atom. The first-order valence-corrected chi connectivity index (χ1v) is 14.9. The molecule has 5 aromatic rings. The maximum atomic E-state index is 14.0. The van der Waals surface area contributed by atoms with Crippen LogP contribution in [0.2, 0.25) is 0 Å². The first kappa shape index (κ1) is 26.9. The summed E-state index contributed by atoms with van der Waals surface area (Å²) in [5.74, 6) is -0.0210. The second-order valence-corrected chi connectivity index (χ2v) is 11.4. The number of carbonyl (C=O) groups is 1. The average molecular weight is 569 g/mol. The summed E-state index contributed by atoms with van der Waals surface area (Å²) in [4.78, 5) is 18.4. The Hall–Kier alpha value is -4.93. The topological polar surface area (TPSA) is 41.4 Å². The number of amides is 1. The first-order chi connectivity index (χ1) is 21.0. The number of hydrogen-bond donors (Lipinski definition) is 0. The summed E-state index contributed by atoms with van der Waals surface area (Å²) in [6.45, 7) is 3.58. The highest BCUT2D eigenvalue weighted by molar-refractivity contribution is 6.08. The summed E-state index contributed by atoms with van der Waals surface area (Å²) in [5, 5.41) is 5.53. The molecule has 1 saturated heterocycles. The Balaban J connectivity index is 1.15. The van der Waals surface area contributed by atoms with Gasteiger partial charge < -0.3 is 9.80 Å². The Kier molecular flexibility index (Phi) is 6.92. The van der Waals surface area contributed by atoms with E-state index < -0.39 is 0 Å². The molecule has 0 N–H and O–H groups in total.